The standard InChI is InChI=1S/C26H31NO7.C19H18N2O3/c1-25(2,3)34-24(30)27-16-26(23(29)32-5,14-13-22(28)31-4)17-33-21-15-19(11-12-20(21)27)18-9-7-6-8-10-18;22-17-8-9-19(18(23)21-17)11-20-15-7-6-14(10-16(15)24-12-19)13-4-2-1-3-5-13/h6-12,15H,13-14,16-17H2,1-5H3;1-7,10,20H,8-9,11-12H2,(H,21,22,23). The molecule has 58 heavy (non-hydrogen) atoms. The van der Waals surface area contributed by atoms with Crippen molar-refractivity contribution < 1.29 is 47.7 Å². The number of fused-ring (bicyclic) bond motifs is 2. The van der Waals surface area contributed by atoms with Gasteiger partial charge in [-0.2, -0.15) is 0 Å². The highest BCUT2D eigenvalue weighted by atomic mass is 16.6. The number of esters is 2. The van der Waals surface area contributed by atoms with Crippen LogP contribution in [0.4, 0.5) is 16.2 Å². The highest BCUT2D eigenvalue weighted by molar-refractivity contribution is 6.01. The summed E-state index contributed by atoms with van der Waals surface area (Å²) >= 11 is 0. The third kappa shape index (κ3) is 9.42. The lowest BCUT2D eigenvalue weighted by Crippen LogP contribution is -2.54. The smallest absolute Gasteiger partial charge is 0.414 e. The Hall–Kier alpha value is -6.37. The molecule has 4 aromatic carbocycles. The van der Waals surface area contributed by atoms with Crippen molar-refractivity contribution >= 4 is 41.2 Å². The maximum absolute atomic E-state index is 13.3. The van der Waals surface area contributed by atoms with E-state index in [0.717, 1.165) is 33.7 Å². The molecule has 13 nitrogen and oxygen atoms in total. The monoisotopic (exact) mass is 791 g/mol. The summed E-state index contributed by atoms with van der Waals surface area (Å²) in [6.07, 6.45) is 0.263. The molecule has 3 aliphatic rings. The molecular formula is C45H49N3O10. The van der Waals surface area contributed by atoms with Crippen LogP contribution in [0.1, 0.15) is 46.5 Å². The number of nitrogens with zero attached hydrogens (tertiary/aromatic N) is 1. The lowest BCUT2D eigenvalue weighted by molar-refractivity contribution is -0.155. The van der Waals surface area contributed by atoms with E-state index in [1.165, 1.54) is 19.1 Å². The average molecular weight is 792 g/mol. The number of imide groups is 1. The summed E-state index contributed by atoms with van der Waals surface area (Å²) in [6.45, 7) is 5.87. The van der Waals surface area contributed by atoms with Crippen LogP contribution in [-0.4, -0.2) is 76.0 Å². The number of amides is 3. The Balaban J connectivity index is 0.000000206. The zero-order chi connectivity index (χ0) is 41.5. The number of benzene rings is 4. The van der Waals surface area contributed by atoms with Crippen molar-refractivity contribution in [2.24, 2.45) is 10.8 Å². The van der Waals surface area contributed by atoms with Crippen molar-refractivity contribution in [3.8, 4) is 33.8 Å². The van der Waals surface area contributed by atoms with Gasteiger partial charge in [0.15, 0.2) is 0 Å². The summed E-state index contributed by atoms with van der Waals surface area (Å²) in [6, 6.07) is 31.3. The van der Waals surface area contributed by atoms with Gasteiger partial charge in [-0.1, -0.05) is 72.8 Å². The fourth-order valence-electron chi connectivity index (χ4n) is 7.05. The average Bonchev–Trinajstić information content (AvgIpc) is 3.52. The number of hydrogen-bond acceptors (Lipinski definition) is 11. The summed E-state index contributed by atoms with van der Waals surface area (Å²) in [7, 11) is 2.55. The van der Waals surface area contributed by atoms with Crippen molar-refractivity contribution in [3.63, 3.8) is 0 Å². The van der Waals surface area contributed by atoms with Gasteiger partial charge in [-0.25, -0.2) is 4.79 Å². The van der Waals surface area contributed by atoms with Gasteiger partial charge >= 0.3 is 18.0 Å². The molecule has 3 amide bonds. The number of carbonyl (C=O) groups is 5. The van der Waals surface area contributed by atoms with Crippen molar-refractivity contribution in [2.75, 3.05) is 50.7 Å². The van der Waals surface area contributed by atoms with Gasteiger partial charge in [-0.15, -0.1) is 0 Å². The molecule has 7 rings (SSSR count). The maximum Gasteiger partial charge on any atom is 0.414 e. The molecule has 1 fully saturated rings. The number of rotatable bonds is 6. The lowest BCUT2D eigenvalue weighted by Gasteiger charge is -2.33. The number of anilines is 2. The molecule has 13 heteroatoms. The Morgan fingerprint density at radius 3 is 2.00 bits per heavy atom. The number of carbonyl (C=O) groups excluding carboxylic acids is 5. The van der Waals surface area contributed by atoms with Gasteiger partial charge in [0, 0.05) is 25.9 Å². The number of ether oxygens (including phenoxy) is 5. The van der Waals surface area contributed by atoms with Crippen molar-refractivity contribution in [3.05, 3.63) is 97.1 Å². The number of hydrogen-bond donors (Lipinski definition) is 2. The minimum absolute atomic E-state index is 0.0390. The number of methoxy groups -OCH3 is 2. The third-order valence-electron chi connectivity index (χ3n) is 10.4. The van der Waals surface area contributed by atoms with Crippen LogP contribution in [0, 0.1) is 10.8 Å². The topological polar surface area (TPSA) is 159 Å². The second kappa shape index (κ2) is 17.4. The fraction of sp³-hybridized carbons (Fsp3) is 0.356. The zero-order valence-electron chi connectivity index (χ0n) is 33.4. The summed E-state index contributed by atoms with van der Waals surface area (Å²) in [5.41, 5.74) is 2.64. The van der Waals surface area contributed by atoms with Crippen LogP contribution in [0.5, 0.6) is 11.5 Å². The van der Waals surface area contributed by atoms with Crippen LogP contribution in [0.15, 0.2) is 97.1 Å². The highest BCUT2D eigenvalue weighted by Gasteiger charge is 2.48. The molecule has 1 spiro atoms. The van der Waals surface area contributed by atoms with Gasteiger partial charge in [0.25, 0.3) is 0 Å². The molecule has 4 aromatic rings. The Morgan fingerprint density at radius 2 is 1.40 bits per heavy atom. The Labute approximate surface area is 337 Å². The van der Waals surface area contributed by atoms with E-state index in [2.05, 4.69) is 10.6 Å². The Morgan fingerprint density at radius 1 is 0.776 bits per heavy atom. The molecule has 3 aliphatic heterocycles. The number of nitrogens with one attached hydrogen (secondary N) is 2. The van der Waals surface area contributed by atoms with Crippen LogP contribution in [0.25, 0.3) is 22.3 Å². The predicted octanol–water partition coefficient (Wildman–Crippen LogP) is 7.18. The molecule has 0 radical (unpaired) electrons. The van der Waals surface area contributed by atoms with E-state index in [-0.39, 0.29) is 44.4 Å². The van der Waals surface area contributed by atoms with E-state index < -0.39 is 34.5 Å². The van der Waals surface area contributed by atoms with Crippen molar-refractivity contribution in [1.82, 2.24) is 5.32 Å². The molecule has 304 valence electrons. The normalized spacial score (nSPS) is 19.8. The lowest BCUT2D eigenvalue weighted by atomic mass is 9.80. The summed E-state index contributed by atoms with van der Waals surface area (Å²) in [5.74, 6) is -0.351. The first-order valence-electron chi connectivity index (χ1n) is 19.1. The van der Waals surface area contributed by atoms with Crippen LogP contribution in [0.3, 0.4) is 0 Å². The zero-order valence-corrected chi connectivity index (χ0v) is 33.4. The molecule has 0 aliphatic carbocycles. The molecule has 2 unspecified atom stereocenters. The Kier molecular flexibility index (Phi) is 12.4. The summed E-state index contributed by atoms with van der Waals surface area (Å²) < 4.78 is 27.6. The maximum atomic E-state index is 13.3. The molecule has 0 saturated carbocycles. The van der Waals surface area contributed by atoms with E-state index in [1.54, 1.807) is 26.8 Å². The molecule has 0 aromatic heterocycles. The second-order valence-corrected chi connectivity index (χ2v) is 15.6. The minimum atomic E-state index is -1.30. The highest BCUT2D eigenvalue weighted by Crippen LogP contribution is 2.42. The molecule has 2 N–H and O–H groups in total. The van der Waals surface area contributed by atoms with Crippen LogP contribution >= 0.6 is 0 Å². The first-order chi connectivity index (χ1) is 27.7. The van der Waals surface area contributed by atoms with E-state index in [9.17, 15) is 24.0 Å². The number of piperidine rings is 1. The minimum Gasteiger partial charge on any atom is -0.490 e. The van der Waals surface area contributed by atoms with Gasteiger partial charge in [0.05, 0.1) is 25.6 Å². The quantitative estimate of drug-likeness (QED) is 0.116. The van der Waals surface area contributed by atoms with E-state index >= 15 is 0 Å². The molecule has 0 bridgehead atoms. The molecular weight excluding hydrogens is 743 g/mol. The summed E-state index contributed by atoms with van der Waals surface area (Å²) in [4.78, 5) is 63.3. The SMILES string of the molecule is COC(=O)CCC1(C(=O)OC)COc2cc(-c3ccccc3)ccc2N(C(=O)OC(C)(C)C)C1.O=C1CCC2(CNc3ccc(-c4ccccc4)cc3OC2)C(=O)N1. The predicted molar refractivity (Wildman–Crippen MR) is 217 cm³/mol. The van der Waals surface area contributed by atoms with Gasteiger partial charge in [0.1, 0.15) is 41.1 Å². The summed E-state index contributed by atoms with van der Waals surface area (Å²) in [5, 5.41) is 5.75. The largest absolute Gasteiger partial charge is 0.490 e. The third-order valence-corrected chi connectivity index (χ3v) is 10.4. The molecule has 1 saturated heterocycles. The van der Waals surface area contributed by atoms with Crippen LogP contribution < -0.4 is 25.0 Å². The molecule has 3 heterocycles. The van der Waals surface area contributed by atoms with Crippen LogP contribution in [0.2, 0.25) is 0 Å². The van der Waals surface area contributed by atoms with E-state index in [4.69, 9.17) is 23.7 Å². The van der Waals surface area contributed by atoms with Crippen molar-refractivity contribution in [1.29, 1.82) is 0 Å². The Bertz CT molecular complexity index is 2150. The van der Waals surface area contributed by atoms with Gasteiger partial charge in [-0.05, 0) is 80.1 Å². The fourth-order valence-corrected chi connectivity index (χ4v) is 7.05. The molecule has 2 atom stereocenters. The first kappa shape index (κ1) is 41.3. The van der Waals surface area contributed by atoms with Crippen molar-refractivity contribution in [2.45, 2.75) is 52.1 Å². The van der Waals surface area contributed by atoms with Crippen LogP contribution in [-0.2, 0) is 33.4 Å². The van der Waals surface area contributed by atoms with E-state index in [1.807, 2.05) is 91.0 Å². The first-order valence-corrected chi connectivity index (χ1v) is 19.1. The van der Waals surface area contributed by atoms with Gasteiger partial charge in [-0.3, -0.25) is 29.4 Å². The second-order valence-electron chi connectivity index (χ2n) is 15.6. The van der Waals surface area contributed by atoms with E-state index in [0.29, 0.717) is 30.8 Å². The van der Waals surface area contributed by atoms with Gasteiger partial charge in [0.2, 0.25) is 11.8 Å². The van der Waals surface area contributed by atoms with Gasteiger partial charge < -0.3 is 29.0 Å².